The Bertz CT molecular complexity index is 877. The normalized spacial score (nSPS) is 11.2. The summed E-state index contributed by atoms with van der Waals surface area (Å²) in [5.41, 5.74) is 2.25. The first-order valence-corrected chi connectivity index (χ1v) is 6.15. The highest BCUT2D eigenvalue weighted by Gasteiger charge is 2.16. The summed E-state index contributed by atoms with van der Waals surface area (Å²) in [7, 11) is 0. The number of nitrogens with zero attached hydrogens (tertiary/aromatic N) is 1. The summed E-state index contributed by atoms with van der Waals surface area (Å²) in [5.74, 6) is -2.01. The molecule has 0 spiro atoms. The maximum atomic E-state index is 14.0. The van der Waals surface area contributed by atoms with Gasteiger partial charge in [-0.15, -0.1) is 0 Å². The van der Waals surface area contributed by atoms with Crippen LogP contribution in [0.25, 0.3) is 16.7 Å². The molecule has 5 heteroatoms. The van der Waals surface area contributed by atoms with Crippen molar-refractivity contribution in [1.82, 2.24) is 9.55 Å². The van der Waals surface area contributed by atoms with Crippen LogP contribution in [-0.2, 0) is 0 Å². The van der Waals surface area contributed by atoms with E-state index in [0.29, 0.717) is 5.69 Å². The first kappa shape index (κ1) is 12.6. The van der Waals surface area contributed by atoms with Gasteiger partial charge in [0.15, 0.2) is 11.6 Å². The predicted molar refractivity (Wildman–Crippen MR) is 73.3 cm³/mol. The molecule has 0 fully saturated rings. The van der Waals surface area contributed by atoms with Gasteiger partial charge in [-0.2, -0.15) is 0 Å². The van der Waals surface area contributed by atoms with Gasteiger partial charge in [-0.05, 0) is 49.2 Å². The van der Waals surface area contributed by atoms with Crippen molar-refractivity contribution in [3.8, 4) is 5.69 Å². The molecule has 2 aromatic carbocycles. The van der Waals surface area contributed by atoms with Crippen molar-refractivity contribution >= 4 is 11.0 Å². The van der Waals surface area contributed by atoms with Crippen molar-refractivity contribution < 1.29 is 8.78 Å². The average Bonchev–Trinajstić information content (AvgIpc) is 2.74. The van der Waals surface area contributed by atoms with E-state index in [1.807, 2.05) is 19.9 Å². The third kappa shape index (κ3) is 1.74. The maximum absolute atomic E-state index is 14.0. The molecule has 0 radical (unpaired) electrons. The van der Waals surface area contributed by atoms with E-state index in [4.69, 9.17) is 0 Å². The largest absolute Gasteiger partial charge is 0.331 e. The fourth-order valence-electron chi connectivity index (χ4n) is 2.24. The molecule has 3 rings (SSSR count). The highest BCUT2D eigenvalue weighted by atomic mass is 19.2. The molecule has 0 aliphatic carbocycles. The zero-order valence-corrected chi connectivity index (χ0v) is 11.0. The monoisotopic (exact) mass is 274 g/mol. The summed E-state index contributed by atoms with van der Waals surface area (Å²) in [4.78, 5) is 14.5. The number of aromatic amines is 1. The van der Waals surface area contributed by atoms with Gasteiger partial charge < -0.3 is 4.98 Å². The molecule has 1 aromatic heterocycles. The minimum absolute atomic E-state index is 0.0711. The summed E-state index contributed by atoms with van der Waals surface area (Å²) >= 11 is 0. The van der Waals surface area contributed by atoms with Gasteiger partial charge in [0.2, 0.25) is 0 Å². The zero-order valence-electron chi connectivity index (χ0n) is 11.0. The van der Waals surface area contributed by atoms with E-state index in [1.54, 1.807) is 12.1 Å². The summed E-state index contributed by atoms with van der Waals surface area (Å²) in [6, 6.07) is 7.67. The van der Waals surface area contributed by atoms with Crippen LogP contribution in [0.2, 0.25) is 0 Å². The Morgan fingerprint density at radius 3 is 2.50 bits per heavy atom. The Labute approximate surface area is 113 Å². The third-order valence-corrected chi connectivity index (χ3v) is 3.49. The average molecular weight is 274 g/mol. The fourth-order valence-corrected chi connectivity index (χ4v) is 2.24. The van der Waals surface area contributed by atoms with Gasteiger partial charge in [0.1, 0.15) is 5.52 Å². The molecule has 0 amide bonds. The number of halogens is 2. The lowest BCUT2D eigenvalue weighted by molar-refractivity contribution is 0.514. The van der Waals surface area contributed by atoms with Crippen LogP contribution >= 0.6 is 0 Å². The van der Waals surface area contributed by atoms with Crippen LogP contribution in [0.15, 0.2) is 35.1 Å². The van der Waals surface area contributed by atoms with Gasteiger partial charge >= 0.3 is 5.69 Å². The molecule has 3 nitrogen and oxygen atoms in total. The standard InChI is InChI=1S/C15H12F2N2O/c1-8-3-4-10(7-9(8)2)19-14-12(18-15(19)20)6-5-11(16)13(14)17/h3-7H,1-2H3,(H,18,20). The van der Waals surface area contributed by atoms with Gasteiger partial charge in [-0.25, -0.2) is 13.6 Å². The smallest absolute Gasteiger partial charge is 0.305 e. The molecule has 0 atom stereocenters. The van der Waals surface area contributed by atoms with Crippen LogP contribution in [0.3, 0.4) is 0 Å². The molecular formula is C15H12F2N2O. The molecule has 0 aliphatic rings. The Kier molecular flexibility index (Phi) is 2.71. The predicted octanol–water partition coefficient (Wildman–Crippen LogP) is 3.21. The van der Waals surface area contributed by atoms with Crippen LogP contribution in [0.1, 0.15) is 11.1 Å². The lowest BCUT2D eigenvalue weighted by Gasteiger charge is -2.07. The van der Waals surface area contributed by atoms with Crippen LogP contribution in [0.5, 0.6) is 0 Å². The summed E-state index contributed by atoms with van der Waals surface area (Å²) in [6.45, 7) is 3.84. The Hall–Kier alpha value is -2.43. The first-order chi connectivity index (χ1) is 9.49. The third-order valence-electron chi connectivity index (χ3n) is 3.49. The van der Waals surface area contributed by atoms with Crippen molar-refractivity contribution in [2.45, 2.75) is 13.8 Å². The summed E-state index contributed by atoms with van der Waals surface area (Å²) in [5, 5.41) is 0. The number of hydrogen-bond acceptors (Lipinski definition) is 1. The van der Waals surface area contributed by atoms with Crippen molar-refractivity contribution in [2.24, 2.45) is 0 Å². The number of aryl methyl sites for hydroxylation is 2. The minimum Gasteiger partial charge on any atom is -0.305 e. The Morgan fingerprint density at radius 1 is 1.05 bits per heavy atom. The second-order valence-corrected chi connectivity index (χ2v) is 4.79. The lowest BCUT2D eigenvalue weighted by Crippen LogP contribution is -2.15. The van der Waals surface area contributed by atoms with Gasteiger partial charge in [-0.3, -0.25) is 4.57 Å². The Balaban J connectivity index is 2.41. The number of hydrogen-bond donors (Lipinski definition) is 1. The van der Waals surface area contributed by atoms with Gasteiger partial charge in [-0.1, -0.05) is 6.07 Å². The van der Waals surface area contributed by atoms with Crippen LogP contribution in [0.4, 0.5) is 8.78 Å². The molecule has 0 bridgehead atoms. The zero-order chi connectivity index (χ0) is 14.4. The lowest BCUT2D eigenvalue weighted by atomic mass is 10.1. The second kappa shape index (κ2) is 4.30. The van der Waals surface area contributed by atoms with E-state index in [1.165, 1.54) is 6.07 Å². The van der Waals surface area contributed by atoms with Gasteiger partial charge in [0.25, 0.3) is 0 Å². The minimum atomic E-state index is -1.03. The highest BCUT2D eigenvalue weighted by molar-refractivity contribution is 5.78. The molecule has 0 saturated carbocycles. The molecular weight excluding hydrogens is 262 g/mol. The van der Waals surface area contributed by atoms with Crippen LogP contribution in [-0.4, -0.2) is 9.55 Å². The molecule has 102 valence electrons. The number of benzene rings is 2. The highest BCUT2D eigenvalue weighted by Crippen LogP contribution is 2.22. The second-order valence-electron chi connectivity index (χ2n) is 4.79. The molecule has 0 unspecified atom stereocenters. The number of nitrogens with one attached hydrogen (secondary N) is 1. The summed E-state index contributed by atoms with van der Waals surface area (Å²) in [6.07, 6.45) is 0. The number of fused-ring (bicyclic) bond motifs is 1. The van der Waals surface area contributed by atoms with Crippen LogP contribution in [0, 0.1) is 25.5 Å². The van der Waals surface area contributed by atoms with Gasteiger partial charge in [0.05, 0.1) is 11.2 Å². The van der Waals surface area contributed by atoms with E-state index in [0.717, 1.165) is 21.8 Å². The first-order valence-electron chi connectivity index (χ1n) is 6.15. The number of aromatic nitrogens is 2. The van der Waals surface area contributed by atoms with Crippen molar-refractivity contribution in [2.75, 3.05) is 0 Å². The van der Waals surface area contributed by atoms with Crippen molar-refractivity contribution in [3.63, 3.8) is 0 Å². The van der Waals surface area contributed by atoms with Gasteiger partial charge in [0, 0.05) is 0 Å². The fraction of sp³-hybridized carbons (Fsp3) is 0.133. The molecule has 0 saturated heterocycles. The number of rotatable bonds is 1. The number of H-pyrrole nitrogens is 1. The molecule has 0 aliphatic heterocycles. The summed E-state index contributed by atoms with van der Waals surface area (Å²) < 4.78 is 28.5. The topological polar surface area (TPSA) is 37.8 Å². The van der Waals surface area contributed by atoms with E-state index >= 15 is 0 Å². The van der Waals surface area contributed by atoms with E-state index in [2.05, 4.69) is 4.98 Å². The van der Waals surface area contributed by atoms with Crippen molar-refractivity contribution in [1.29, 1.82) is 0 Å². The number of imidazole rings is 1. The van der Waals surface area contributed by atoms with Crippen LogP contribution < -0.4 is 5.69 Å². The SMILES string of the molecule is Cc1ccc(-n2c(=O)[nH]c3ccc(F)c(F)c32)cc1C. The Morgan fingerprint density at radius 2 is 1.80 bits per heavy atom. The van der Waals surface area contributed by atoms with E-state index in [9.17, 15) is 13.6 Å². The molecule has 1 N–H and O–H groups in total. The van der Waals surface area contributed by atoms with E-state index in [-0.39, 0.29) is 11.0 Å². The van der Waals surface area contributed by atoms with E-state index < -0.39 is 17.3 Å². The molecule has 20 heavy (non-hydrogen) atoms. The van der Waals surface area contributed by atoms with Crippen molar-refractivity contribution in [3.05, 3.63) is 63.6 Å². The molecule has 1 heterocycles. The maximum Gasteiger partial charge on any atom is 0.331 e. The quantitative estimate of drug-likeness (QED) is 0.727. The molecule has 3 aromatic rings.